The van der Waals surface area contributed by atoms with Crippen molar-refractivity contribution < 1.29 is 38.1 Å². The second kappa shape index (κ2) is 18.4. The minimum Gasteiger partial charge on any atom is -0.459 e. The van der Waals surface area contributed by atoms with Gasteiger partial charge in [0.15, 0.2) is 11.5 Å². The third kappa shape index (κ3) is 14.4. The van der Waals surface area contributed by atoms with E-state index in [9.17, 15) is 19.2 Å². The van der Waals surface area contributed by atoms with E-state index in [1.54, 1.807) is 26.0 Å². The Balaban J connectivity index is 2.87. The summed E-state index contributed by atoms with van der Waals surface area (Å²) in [6.07, 6.45) is 3.61. The van der Waals surface area contributed by atoms with Crippen molar-refractivity contribution in [2.45, 2.75) is 125 Å². The van der Waals surface area contributed by atoms with Gasteiger partial charge in [-0.25, -0.2) is 0 Å². The van der Waals surface area contributed by atoms with Crippen LogP contribution in [-0.2, 0) is 35.1 Å². The summed E-state index contributed by atoms with van der Waals surface area (Å²) in [6, 6.07) is 3.73. The molecule has 0 heterocycles. The van der Waals surface area contributed by atoms with Crippen LogP contribution in [0.15, 0.2) is 18.2 Å². The first-order chi connectivity index (χ1) is 18.8. The molecule has 0 saturated carbocycles. The molecule has 9 nitrogen and oxygen atoms in total. The first-order valence-corrected chi connectivity index (χ1v) is 14.5. The number of hydrogen-bond acceptors (Lipinski definition) is 9. The smallest absolute Gasteiger partial charge is 0.323 e. The molecule has 226 valence electrons. The molecule has 0 amide bonds. The maximum atomic E-state index is 12.7. The van der Waals surface area contributed by atoms with E-state index in [1.807, 2.05) is 27.7 Å². The molecule has 0 aliphatic carbocycles. The van der Waals surface area contributed by atoms with Crippen molar-refractivity contribution in [3.8, 4) is 11.5 Å². The SMILES string of the molecule is CCCCCC(=O)O[C@@H](C)[C@H](C)OC(=O)[C@@H](N)Cc1ccc(OC(=O)CCC(C)C)c(OC(=O)CCC(C)C)c1. The molecule has 1 aromatic rings. The largest absolute Gasteiger partial charge is 0.459 e. The zero-order chi connectivity index (χ0) is 30.2. The number of nitrogens with two attached hydrogens (primary N) is 1. The van der Waals surface area contributed by atoms with Gasteiger partial charge in [-0.05, 0) is 69.1 Å². The summed E-state index contributed by atoms with van der Waals surface area (Å²) in [5, 5.41) is 0. The average molecular weight is 564 g/mol. The number of unbranched alkanes of at least 4 members (excludes halogenated alkanes) is 2. The van der Waals surface area contributed by atoms with Crippen molar-refractivity contribution in [3.63, 3.8) is 0 Å². The zero-order valence-electron chi connectivity index (χ0n) is 25.3. The minimum absolute atomic E-state index is 0.0921. The monoisotopic (exact) mass is 563 g/mol. The molecule has 1 aromatic carbocycles. The van der Waals surface area contributed by atoms with Crippen molar-refractivity contribution in [2.75, 3.05) is 0 Å². The molecule has 0 fully saturated rings. The molecule has 0 aliphatic rings. The van der Waals surface area contributed by atoms with Crippen molar-refractivity contribution in [1.29, 1.82) is 0 Å². The van der Waals surface area contributed by atoms with E-state index >= 15 is 0 Å². The number of hydrogen-bond donors (Lipinski definition) is 1. The fraction of sp³-hybridized carbons (Fsp3) is 0.677. The predicted molar refractivity (Wildman–Crippen MR) is 153 cm³/mol. The number of carbonyl (C=O) groups is 4. The lowest BCUT2D eigenvalue weighted by Gasteiger charge is -2.22. The molecule has 3 atom stereocenters. The van der Waals surface area contributed by atoms with Gasteiger partial charge in [-0.15, -0.1) is 0 Å². The standard InChI is InChI=1S/C31H49NO8/c1-8-9-10-11-28(33)37-22(6)23(7)38-31(36)25(32)18-24-14-15-26(39-29(34)16-12-20(2)3)27(19-24)40-30(35)17-13-21(4)5/h14-15,19-23,25H,8-13,16-18,32H2,1-7H3/t22-,23-,25-/m0/s1. The van der Waals surface area contributed by atoms with Crippen LogP contribution < -0.4 is 15.2 Å². The van der Waals surface area contributed by atoms with Crippen molar-refractivity contribution in [3.05, 3.63) is 23.8 Å². The van der Waals surface area contributed by atoms with Gasteiger partial charge in [0.05, 0.1) is 0 Å². The molecule has 0 aliphatic heterocycles. The van der Waals surface area contributed by atoms with Crippen LogP contribution in [0.25, 0.3) is 0 Å². The highest BCUT2D eigenvalue weighted by molar-refractivity contribution is 5.77. The lowest BCUT2D eigenvalue weighted by atomic mass is 10.1. The number of rotatable bonds is 18. The highest BCUT2D eigenvalue weighted by Gasteiger charge is 2.25. The molecule has 0 bridgehead atoms. The van der Waals surface area contributed by atoms with Gasteiger partial charge in [-0.1, -0.05) is 53.5 Å². The van der Waals surface area contributed by atoms with Crippen LogP contribution in [-0.4, -0.2) is 42.1 Å². The topological polar surface area (TPSA) is 131 Å². The van der Waals surface area contributed by atoms with Crippen molar-refractivity contribution >= 4 is 23.9 Å². The van der Waals surface area contributed by atoms with Crippen molar-refractivity contribution in [2.24, 2.45) is 17.6 Å². The fourth-order valence-electron chi connectivity index (χ4n) is 3.59. The average Bonchev–Trinajstić information content (AvgIpc) is 2.87. The summed E-state index contributed by atoms with van der Waals surface area (Å²) in [7, 11) is 0. The highest BCUT2D eigenvalue weighted by Crippen LogP contribution is 2.30. The Morgan fingerprint density at radius 2 is 1.27 bits per heavy atom. The number of ether oxygens (including phenoxy) is 4. The Hall–Kier alpha value is -2.94. The Morgan fingerprint density at radius 3 is 1.82 bits per heavy atom. The van der Waals surface area contributed by atoms with Gasteiger partial charge >= 0.3 is 23.9 Å². The summed E-state index contributed by atoms with van der Waals surface area (Å²) >= 11 is 0. The summed E-state index contributed by atoms with van der Waals surface area (Å²) in [5.41, 5.74) is 6.72. The van der Waals surface area contributed by atoms with Crippen molar-refractivity contribution in [1.82, 2.24) is 0 Å². The van der Waals surface area contributed by atoms with Gasteiger partial charge in [-0.3, -0.25) is 19.2 Å². The van der Waals surface area contributed by atoms with Crippen LogP contribution >= 0.6 is 0 Å². The Labute approximate surface area is 239 Å². The van der Waals surface area contributed by atoms with Gasteiger partial charge in [0.2, 0.25) is 0 Å². The van der Waals surface area contributed by atoms with E-state index < -0.39 is 36.2 Å². The summed E-state index contributed by atoms with van der Waals surface area (Å²) in [5.74, 6) is -0.943. The van der Waals surface area contributed by atoms with Gasteiger partial charge in [0, 0.05) is 19.3 Å². The number of esters is 4. The Bertz CT molecular complexity index is 959. The molecule has 0 spiro atoms. The summed E-state index contributed by atoms with van der Waals surface area (Å²) in [6.45, 7) is 13.4. The fourth-order valence-corrected chi connectivity index (χ4v) is 3.59. The van der Waals surface area contributed by atoms with E-state index in [0.29, 0.717) is 36.7 Å². The Morgan fingerprint density at radius 1 is 0.725 bits per heavy atom. The maximum absolute atomic E-state index is 12.7. The van der Waals surface area contributed by atoms with E-state index in [-0.39, 0.29) is 36.7 Å². The second-order valence-corrected chi connectivity index (χ2v) is 11.2. The molecule has 0 radical (unpaired) electrons. The van der Waals surface area contributed by atoms with Crippen LogP contribution in [0.4, 0.5) is 0 Å². The molecule has 40 heavy (non-hydrogen) atoms. The third-order valence-corrected chi connectivity index (χ3v) is 6.33. The van der Waals surface area contributed by atoms with Gasteiger partial charge in [0.1, 0.15) is 18.2 Å². The predicted octanol–water partition coefficient (Wildman–Crippen LogP) is 5.68. The first-order valence-electron chi connectivity index (χ1n) is 14.5. The molecule has 0 saturated heterocycles. The van der Waals surface area contributed by atoms with Crippen LogP contribution in [0.2, 0.25) is 0 Å². The number of carbonyl (C=O) groups excluding carboxylic acids is 4. The zero-order valence-corrected chi connectivity index (χ0v) is 25.3. The lowest BCUT2D eigenvalue weighted by molar-refractivity contribution is -0.166. The Kier molecular flexibility index (Phi) is 16.2. The second-order valence-electron chi connectivity index (χ2n) is 11.2. The summed E-state index contributed by atoms with van der Waals surface area (Å²) < 4.78 is 21.9. The van der Waals surface area contributed by atoms with Gasteiger partial charge in [-0.2, -0.15) is 0 Å². The summed E-state index contributed by atoms with van der Waals surface area (Å²) in [4.78, 5) is 49.4. The molecular formula is C31H49NO8. The van der Waals surface area contributed by atoms with Crippen LogP contribution in [0, 0.1) is 11.8 Å². The number of benzene rings is 1. The van der Waals surface area contributed by atoms with Gasteiger partial charge < -0.3 is 24.7 Å². The molecule has 0 aromatic heterocycles. The molecule has 2 N–H and O–H groups in total. The lowest BCUT2D eigenvalue weighted by Crippen LogP contribution is -2.39. The van der Waals surface area contributed by atoms with E-state index in [0.717, 1.165) is 19.3 Å². The molecular weight excluding hydrogens is 514 g/mol. The quantitative estimate of drug-likeness (QED) is 0.136. The van der Waals surface area contributed by atoms with Gasteiger partial charge in [0.25, 0.3) is 0 Å². The molecule has 0 unspecified atom stereocenters. The molecule has 1 rings (SSSR count). The van der Waals surface area contributed by atoms with Crippen LogP contribution in [0.1, 0.15) is 105 Å². The van der Waals surface area contributed by atoms with E-state index in [4.69, 9.17) is 24.7 Å². The normalized spacial score (nSPS) is 13.4. The highest BCUT2D eigenvalue weighted by atomic mass is 16.6. The van der Waals surface area contributed by atoms with Crippen LogP contribution in [0.3, 0.4) is 0 Å². The first kappa shape index (κ1) is 35.1. The van der Waals surface area contributed by atoms with E-state index in [1.165, 1.54) is 6.07 Å². The van der Waals surface area contributed by atoms with E-state index in [2.05, 4.69) is 6.92 Å². The van der Waals surface area contributed by atoms with Crippen LogP contribution in [0.5, 0.6) is 11.5 Å². The molecule has 9 heteroatoms. The third-order valence-electron chi connectivity index (χ3n) is 6.33. The minimum atomic E-state index is -1.01. The maximum Gasteiger partial charge on any atom is 0.323 e.